The van der Waals surface area contributed by atoms with Gasteiger partial charge < -0.3 is 9.84 Å². The molecule has 7 nitrogen and oxygen atoms in total. The quantitative estimate of drug-likeness (QED) is 0.570. The van der Waals surface area contributed by atoms with Gasteiger partial charge in [0.05, 0.1) is 12.7 Å². The molecule has 0 saturated carbocycles. The summed E-state index contributed by atoms with van der Waals surface area (Å²) in [5.41, 5.74) is 1.48. The number of ether oxygens (including phenoxy) is 1. The number of nitrogens with zero attached hydrogens (tertiary/aromatic N) is 1. The topological polar surface area (TPSA) is 102 Å². The van der Waals surface area contributed by atoms with Crippen LogP contribution in [0.25, 0.3) is 0 Å². The van der Waals surface area contributed by atoms with Crippen LogP contribution in [0.15, 0.2) is 18.2 Å². The van der Waals surface area contributed by atoms with E-state index < -0.39 is 11.0 Å². The second-order valence-corrected chi connectivity index (χ2v) is 2.59. The molecule has 0 aliphatic heterocycles. The van der Waals surface area contributed by atoms with E-state index in [0.29, 0.717) is 5.75 Å². The van der Waals surface area contributed by atoms with Gasteiger partial charge in [0.15, 0.2) is 5.03 Å². The Hall–Kier alpha value is -2.31. The molecule has 1 aromatic carbocycles. The molecule has 15 heavy (non-hydrogen) atoms. The number of carboxylic acid groups (broad SMARTS) is 1. The number of hydrogen-bond acceptors (Lipinski definition) is 4. The maximum absolute atomic E-state index is 10.7. The highest BCUT2D eigenvalue weighted by molar-refractivity contribution is 5.94. The molecular weight excluding hydrogens is 204 g/mol. The second-order valence-electron chi connectivity index (χ2n) is 2.59. The van der Waals surface area contributed by atoms with E-state index in [1.54, 1.807) is 5.43 Å². The van der Waals surface area contributed by atoms with Crippen molar-refractivity contribution in [2.24, 2.45) is 0 Å². The molecular formula is C8H8N2O5. The van der Waals surface area contributed by atoms with Crippen LogP contribution in [0.1, 0.15) is 10.4 Å². The third-order valence-electron chi connectivity index (χ3n) is 1.67. The summed E-state index contributed by atoms with van der Waals surface area (Å²) in [7, 11) is 1.38. The van der Waals surface area contributed by atoms with Crippen LogP contribution in [0, 0.1) is 10.1 Å². The number of nitro groups is 1. The zero-order valence-electron chi connectivity index (χ0n) is 7.76. The minimum Gasteiger partial charge on any atom is -0.497 e. The zero-order chi connectivity index (χ0) is 11.4. The number of nitrogens with one attached hydrogen (secondary N) is 1. The lowest BCUT2D eigenvalue weighted by Gasteiger charge is -2.05. The first-order valence-corrected chi connectivity index (χ1v) is 3.87. The molecule has 1 aromatic rings. The fraction of sp³-hybridized carbons (Fsp3) is 0.125. The molecule has 0 amide bonds. The lowest BCUT2D eigenvalue weighted by molar-refractivity contribution is -0.445. The van der Waals surface area contributed by atoms with Gasteiger partial charge in [0.25, 0.3) is 0 Å². The third-order valence-corrected chi connectivity index (χ3v) is 1.67. The molecule has 0 aromatic heterocycles. The first-order chi connectivity index (χ1) is 7.04. The van der Waals surface area contributed by atoms with Gasteiger partial charge in [0, 0.05) is 6.07 Å². The van der Waals surface area contributed by atoms with Gasteiger partial charge in [-0.15, -0.1) is 5.43 Å². The number of rotatable bonds is 4. The van der Waals surface area contributed by atoms with Crippen LogP contribution < -0.4 is 10.2 Å². The molecule has 0 radical (unpaired) electrons. The van der Waals surface area contributed by atoms with E-state index in [2.05, 4.69) is 0 Å². The first kappa shape index (κ1) is 10.8. The van der Waals surface area contributed by atoms with Gasteiger partial charge in [0.1, 0.15) is 11.4 Å². The second kappa shape index (κ2) is 4.27. The van der Waals surface area contributed by atoms with E-state index in [1.165, 1.54) is 25.3 Å². The molecule has 0 unspecified atom stereocenters. The minimum atomic E-state index is -1.25. The third kappa shape index (κ3) is 2.56. The maximum Gasteiger partial charge on any atom is 0.338 e. The molecule has 80 valence electrons. The van der Waals surface area contributed by atoms with Crippen molar-refractivity contribution in [1.82, 2.24) is 0 Å². The van der Waals surface area contributed by atoms with Gasteiger partial charge >= 0.3 is 5.97 Å². The Bertz CT molecular complexity index is 404. The predicted octanol–water partition coefficient (Wildman–Crippen LogP) is 0.997. The average molecular weight is 212 g/mol. The Morgan fingerprint density at radius 3 is 2.73 bits per heavy atom. The van der Waals surface area contributed by atoms with Crippen LogP contribution in [-0.2, 0) is 0 Å². The number of aromatic carboxylic acids is 1. The lowest BCUT2D eigenvalue weighted by atomic mass is 10.2. The van der Waals surface area contributed by atoms with Gasteiger partial charge in [-0.25, -0.2) is 14.9 Å². The number of carboxylic acids is 1. The molecule has 1 rings (SSSR count). The van der Waals surface area contributed by atoms with Crippen molar-refractivity contribution in [3.05, 3.63) is 33.9 Å². The van der Waals surface area contributed by atoms with Crippen molar-refractivity contribution in [2.75, 3.05) is 12.5 Å². The van der Waals surface area contributed by atoms with E-state index in [-0.39, 0.29) is 11.3 Å². The number of anilines is 1. The Morgan fingerprint density at radius 2 is 2.27 bits per heavy atom. The van der Waals surface area contributed by atoms with E-state index in [9.17, 15) is 14.9 Å². The van der Waals surface area contributed by atoms with E-state index in [0.717, 1.165) is 0 Å². The molecule has 0 atom stereocenters. The fourth-order valence-electron chi connectivity index (χ4n) is 1.03. The van der Waals surface area contributed by atoms with Gasteiger partial charge in [-0.2, -0.15) is 0 Å². The van der Waals surface area contributed by atoms with E-state index >= 15 is 0 Å². The SMILES string of the molecule is COc1ccc(C(=O)O)c(N[N+](=O)[O-])c1. The molecule has 7 heteroatoms. The Kier molecular flexibility index (Phi) is 3.06. The average Bonchev–Trinajstić information content (AvgIpc) is 2.16. The molecule has 0 bridgehead atoms. The van der Waals surface area contributed by atoms with E-state index in [1.807, 2.05) is 0 Å². The Morgan fingerprint density at radius 1 is 1.60 bits per heavy atom. The molecule has 0 aliphatic rings. The number of hydrogen-bond donors (Lipinski definition) is 2. The van der Waals surface area contributed by atoms with Crippen molar-refractivity contribution >= 4 is 11.7 Å². The number of hydrazine groups is 1. The Balaban J connectivity index is 3.16. The Labute approximate surface area is 84.4 Å². The number of benzene rings is 1. The minimum absolute atomic E-state index is 0.119. The summed E-state index contributed by atoms with van der Waals surface area (Å²) < 4.78 is 4.82. The molecule has 0 heterocycles. The molecule has 2 N–H and O–H groups in total. The summed E-state index contributed by atoms with van der Waals surface area (Å²) in [6.07, 6.45) is 0. The lowest BCUT2D eigenvalue weighted by Crippen LogP contribution is -2.12. The molecule has 0 aliphatic carbocycles. The molecule has 0 fully saturated rings. The summed E-state index contributed by atoms with van der Waals surface area (Å²) in [5.74, 6) is -0.911. The van der Waals surface area contributed by atoms with Crippen molar-refractivity contribution in [1.29, 1.82) is 0 Å². The predicted molar refractivity (Wildman–Crippen MR) is 50.6 cm³/mol. The van der Waals surface area contributed by atoms with Crippen LogP contribution in [-0.4, -0.2) is 23.2 Å². The fourth-order valence-corrected chi connectivity index (χ4v) is 1.03. The highest BCUT2D eigenvalue weighted by Crippen LogP contribution is 2.22. The summed E-state index contributed by atoms with van der Waals surface area (Å²) in [5, 5.41) is 18.1. The molecule has 0 saturated heterocycles. The summed E-state index contributed by atoms with van der Waals surface area (Å²) >= 11 is 0. The van der Waals surface area contributed by atoms with Gasteiger partial charge in [-0.05, 0) is 12.1 Å². The standard InChI is InChI=1S/C8H8N2O5/c1-15-5-2-3-6(8(11)12)7(4-5)9-10(13)14/h2-4,9H,1H3,(H,11,12). The monoisotopic (exact) mass is 212 g/mol. The normalized spacial score (nSPS) is 9.40. The number of carbonyl (C=O) groups is 1. The highest BCUT2D eigenvalue weighted by atomic mass is 16.7. The van der Waals surface area contributed by atoms with Crippen molar-refractivity contribution in [3.63, 3.8) is 0 Å². The van der Waals surface area contributed by atoms with Crippen molar-refractivity contribution in [3.8, 4) is 5.75 Å². The van der Waals surface area contributed by atoms with Crippen LogP contribution in [0.5, 0.6) is 5.75 Å². The van der Waals surface area contributed by atoms with E-state index in [4.69, 9.17) is 9.84 Å². The van der Waals surface area contributed by atoms with Gasteiger partial charge in [-0.1, -0.05) is 0 Å². The highest BCUT2D eigenvalue weighted by Gasteiger charge is 2.14. The zero-order valence-corrected chi connectivity index (χ0v) is 7.76. The van der Waals surface area contributed by atoms with Crippen molar-refractivity contribution in [2.45, 2.75) is 0 Å². The molecule has 0 spiro atoms. The summed E-state index contributed by atoms with van der Waals surface area (Å²) in [4.78, 5) is 20.9. The van der Waals surface area contributed by atoms with Gasteiger partial charge in [0.2, 0.25) is 0 Å². The van der Waals surface area contributed by atoms with Crippen LogP contribution in [0.4, 0.5) is 5.69 Å². The first-order valence-electron chi connectivity index (χ1n) is 3.87. The smallest absolute Gasteiger partial charge is 0.338 e. The summed E-state index contributed by atoms with van der Waals surface area (Å²) in [6.45, 7) is 0. The van der Waals surface area contributed by atoms with Crippen LogP contribution >= 0.6 is 0 Å². The van der Waals surface area contributed by atoms with Crippen LogP contribution in [0.2, 0.25) is 0 Å². The van der Waals surface area contributed by atoms with Crippen molar-refractivity contribution < 1.29 is 19.7 Å². The summed E-state index contributed by atoms with van der Waals surface area (Å²) in [6, 6.07) is 3.88. The van der Waals surface area contributed by atoms with Crippen LogP contribution in [0.3, 0.4) is 0 Å². The largest absolute Gasteiger partial charge is 0.497 e. The number of methoxy groups -OCH3 is 1. The van der Waals surface area contributed by atoms with Gasteiger partial charge in [-0.3, -0.25) is 0 Å². The maximum atomic E-state index is 10.7.